The van der Waals surface area contributed by atoms with Crippen molar-refractivity contribution in [3.8, 4) is 0 Å². The Morgan fingerprint density at radius 1 is 1.56 bits per heavy atom. The van der Waals surface area contributed by atoms with E-state index in [2.05, 4.69) is 15.3 Å². The molecule has 0 fully saturated rings. The lowest BCUT2D eigenvalue weighted by Gasteiger charge is -2.13. The normalized spacial score (nSPS) is 10.7. The molecule has 0 unspecified atom stereocenters. The lowest BCUT2D eigenvalue weighted by atomic mass is 10.4. The number of carbonyl (C=O) groups is 1. The van der Waals surface area contributed by atoms with Gasteiger partial charge in [0.25, 0.3) is 0 Å². The summed E-state index contributed by atoms with van der Waals surface area (Å²) in [5, 5.41) is 20.7. The SMILES string of the molecule is Cc1nnc2c(N(C)C(=O)O)cc(Cl)nn12. The number of halogens is 1. The maximum atomic E-state index is 10.9. The third kappa shape index (κ3) is 1.54. The van der Waals surface area contributed by atoms with E-state index in [9.17, 15) is 4.79 Å². The third-order valence-corrected chi connectivity index (χ3v) is 2.31. The van der Waals surface area contributed by atoms with E-state index in [0.717, 1.165) is 4.90 Å². The van der Waals surface area contributed by atoms with Gasteiger partial charge in [0.1, 0.15) is 0 Å². The first-order valence-corrected chi connectivity index (χ1v) is 4.73. The van der Waals surface area contributed by atoms with Crippen LogP contribution in [0, 0.1) is 6.92 Å². The Morgan fingerprint density at radius 3 is 2.88 bits per heavy atom. The molecule has 8 heteroatoms. The molecule has 0 radical (unpaired) electrons. The number of hydrogen-bond donors (Lipinski definition) is 1. The molecule has 0 bridgehead atoms. The number of anilines is 1. The van der Waals surface area contributed by atoms with Crippen LogP contribution in [-0.4, -0.2) is 38.1 Å². The van der Waals surface area contributed by atoms with Crippen LogP contribution in [-0.2, 0) is 0 Å². The molecule has 0 aliphatic heterocycles. The van der Waals surface area contributed by atoms with Gasteiger partial charge in [0, 0.05) is 13.1 Å². The van der Waals surface area contributed by atoms with Crippen LogP contribution >= 0.6 is 11.6 Å². The summed E-state index contributed by atoms with van der Waals surface area (Å²) in [6, 6.07) is 1.43. The predicted octanol–water partition coefficient (Wildman–Crippen LogP) is 1.20. The van der Waals surface area contributed by atoms with Gasteiger partial charge in [-0.1, -0.05) is 11.6 Å². The summed E-state index contributed by atoms with van der Waals surface area (Å²) in [5.41, 5.74) is 0.694. The highest BCUT2D eigenvalue weighted by Crippen LogP contribution is 2.22. The summed E-state index contributed by atoms with van der Waals surface area (Å²) in [5.74, 6) is 0.539. The predicted molar refractivity (Wildman–Crippen MR) is 57.0 cm³/mol. The summed E-state index contributed by atoms with van der Waals surface area (Å²) in [6.45, 7) is 1.70. The standard InChI is InChI=1S/C8H8ClN5O2/c1-4-10-11-7-5(13(2)8(15)16)3-6(9)12-14(4)7/h3H,1-2H3,(H,15,16). The van der Waals surface area contributed by atoms with Gasteiger partial charge in [-0.15, -0.1) is 10.2 Å². The van der Waals surface area contributed by atoms with Crippen LogP contribution in [0.3, 0.4) is 0 Å². The highest BCUT2D eigenvalue weighted by Gasteiger charge is 2.17. The highest BCUT2D eigenvalue weighted by atomic mass is 35.5. The van der Waals surface area contributed by atoms with E-state index in [1.807, 2.05) is 0 Å². The van der Waals surface area contributed by atoms with Gasteiger partial charge < -0.3 is 5.11 Å². The van der Waals surface area contributed by atoms with Crippen LogP contribution in [0.15, 0.2) is 6.07 Å². The number of amides is 1. The van der Waals surface area contributed by atoms with Crippen molar-refractivity contribution in [1.29, 1.82) is 0 Å². The van der Waals surface area contributed by atoms with Gasteiger partial charge in [-0.25, -0.2) is 4.79 Å². The Morgan fingerprint density at radius 2 is 2.25 bits per heavy atom. The molecule has 0 saturated heterocycles. The Labute approximate surface area is 95.3 Å². The fraction of sp³-hybridized carbons (Fsp3) is 0.250. The van der Waals surface area contributed by atoms with Crippen molar-refractivity contribution in [1.82, 2.24) is 19.8 Å². The van der Waals surface area contributed by atoms with Gasteiger partial charge in [-0.3, -0.25) is 4.90 Å². The summed E-state index contributed by atoms with van der Waals surface area (Å²) >= 11 is 5.79. The Kier molecular flexibility index (Phi) is 2.39. The molecule has 16 heavy (non-hydrogen) atoms. The minimum Gasteiger partial charge on any atom is -0.465 e. The first kappa shape index (κ1) is 10.6. The molecule has 2 rings (SSSR count). The lowest BCUT2D eigenvalue weighted by Crippen LogP contribution is -2.24. The molecule has 0 aromatic carbocycles. The van der Waals surface area contributed by atoms with E-state index in [-0.39, 0.29) is 5.15 Å². The third-order valence-electron chi connectivity index (χ3n) is 2.13. The number of nitrogens with zero attached hydrogens (tertiary/aromatic N) is 5. The quantitative estimate of drug-likeness (QED) is 0.811. The number of aromatic nitrogens is 4. The summed E-state index contributed by atoms with van der Waals surface area (Å²) in [7, 11) is 1.40. The lowest BCUT2D eigenvalue weighted by molar-refractivity contribution is 0.203. The van der Waals surface area contributed by atoms with Crippen molar-refractivity contribution in [2.45, 2.75) is 6.92 Å². The van der Waals surface area contributed by atoms with Crippen molar-refractivity contribution < 1.29 is 9.90 Å². The Hall–Kier alpha value is -1.89. The van der Waals surface area contributed by atoms with E-state index in [1.165, 1.54) is 17.6 Å². The smallest absolute Gasteiger partial charge is 0.411 e. The molecule has 2 aromatic heterocycles. The summed E-state index contributed by atoms with van der Waals surface area (Å²) in [6.07, 6.45) is -1.11. The van der Waals surface area contributed by atoms with Crippen LogP contribution in [0.4, 0.5) is 10.5 Å². The average Bonchev–Trinajstić information content (AvgIpc) is 2.58. The molecule has 2 heterocycles. The molecular weight excluding hydrogens is 234 g/mol. The number of rotatable bonds is 1. The van der Waals surface area contributed by atoms with Gasteiger partial charge in [0.05, 0.1) is 5.69 Å². The van der Waals surface area contributed by atoms with Crippen LogP contribution in [0.1, 0.15) is 5.82 Å². The molecular formula is C8H8ClN5O2. The monoisotopic (exact) mass is 241 g/mol. The van der Waals surface area contributed by atoms with Crippen LogP contribution in [0.5, 0.6) is 0 Å². The molecule has 7 nitrogen and oxygen atoms in total. The molecule has 1 amide bonds. The highest BCUT2D eigenvalue weighted by molar-refractivity contribution is 6.29. The minimum atomic E-state index is -1.11. The van der Waals surface area contributed by atoms with Crippen LogP contribution < -0.4 is 4.90 Å². The molecule has 0 aliphatic rings. The molecule has 2 aromatic rings. The molecule has 84 valence electrons. The minimum absolute atomic E-state index is 0.179. The van der Waals surface area contributed by atoms with Crippen LogP contribution in [0.2, 0.25) is 5.15 Å². The molecule has 0 aliphatic carbocycles. The van der Waals surface area contributed by atoms with Gasteiger partial charge in [-0.2, -0.15) is 9.61 Å². The maximum absolute atomic E-state index is 10.9. The van der Waals surface area contributed by atoms with Gasteiger partial charge in [0.2, 0.25) is 5.65 Å². The van der Waals surface area contributed by atoms with Crippen molar-refractivity contribution in [3.05, 3.63) is 17.0 Å². The first-order valence-electron chi connectivity index (χ1n) is 4.36. The van der Waals surface area contributed by atoms with Gasteiger partial charge >= 0.3 is 6.09 Å². The van der Waals surface area contributed by atoms with Crippen LogP contribution in [0.25, 0.3) is 5.65 Å². The fourth-order valence-electron chi connectivity index (χ4n) is 1.29. The zero-order valence-corrected chi connectivity index (χ0v) is 9.30. The van der Waals surface area contributed by atoms with E-state index >= 15 is 0 Å². The zero-order chi connectivity index (χ0) is 11.9. The summed E-state index contributed by atoms with van der Waals surface area (Å²) < 4.78 is 1.40. The van der Waals surface area contributed by atoms with E-state index in [1.54, 1.807) is 6.92 Å². The average molecular weight is 242 g/mol. The Bertz CT molecular complexity index is 567. The van der Waals surface area contributed by atoms with Gasteiger partial charge in [-0.05, 0) is 6.92 Å². The number of fused-ring (bicyclic) bond motifs is 1. The second-order valence-electron chi connectivity index (χ2n) is 3.18. The van der Waals surface area contributed by atoms with Crippen molar-refractivity contribution in [2.24, 2.45) is 0 Å². The largest absolute Gasteiger partial charge is 0.465 e. The molecule has 0 spiro atoms. The summed E-state index contributed by atoms with van der Waals surface area (Å²) in [4.78, 5) is 11.9. The van der Waals surface area contributed by atoms with E-state index in [4.69, 9.17) is 16.7 Å². The fourth-order valence-corrected chi connectivity index (χ4v) is 1.47. The number of hydrogen-bond acceptors (Lipinski definition) is 4. The maximum Gasteiger partial charge on any atom is 0.411 e. The topological polar surface area (TPSA) is 83.6 Å². The van der Waals surface area contributed by atoms with E-state index < -0.39 is 6.09 Å². The molecule has 0 saturated carbocycles. The zero-order valence-electron chi connectivity index (χ0n) is 8.55. The molecule has 0 atom stereocenters. The first-order chi connectivity index (χ1) is 7.50. The van der Waals surface area contributed by atoms with E-state index in [0.29, 0.717) is 17.2 Å². The van der Waals surface area contributed by atoms with Crippen molar-refractivity contribution in [2.75, 3.05) is 11.9 Å². The van der Waals surface area contributed by atoms with Crippen molar-refractivity contribution in [3.63, 3.8) is 0 Å². The second-order valence-corrected chi connectivity index (χ2v) is 3.56. The number of aryl methyl sites for hydroxylation is 1. The number of carboxylic acid groups (broad SMARTS) is 1. The van der Waals surface area contributed by atoms with Crippen molar-refractivity contribution >= 4 is 29.0 Å². The Balaban J connectivity index is 2.73. The second kappa shape index (κ2) is 3.60. The van der Waals surface area contributed by atoms with Gasteiger partial charge in [0.15, 0.2) is 11.0 Å². The molecule has 1 N–H and O–H groups in total.